The Morgan fingerprint density at radius 2 is 1.93 bits per heavy atom. The molecule has 1 nitrogen and oxygen atoms in total. The topological polar surface area (TPSA) is 23.8 Å². The quantitative estimate of drug-likeness (QED) is 0.562. The fourth-order valence-corrected chi connectivity index (χ4v) is 1.74. The third kappa shape index (κ3) is 2.06. The van der Waals surface area contributed by atoms with Crippen LogP contribution < -0.4 is 0 Å². The number of benzene rings is 1. The zero-order valence-corrected chi connectivity index (χ0v) is 9.84. The monoisotopic (exact) mass is 259 g/mol. The van der Waals surface area contributed by atoms with E-state index in [9.17, 15) is 0 Å². The third-order valence-corrected chi connectivity index (χ3v) is 2.98. The zero-order chi connectivity index (χ0) is 10.7. The van der Waals surface area contributed by atoms with Crippen LogP contribution in [0.4, 0.5) is 0 Å². The van der Waals surface area contributed by atoms with E-state index in [1.807, 2.05) is 24.3 Å². The molecule has 0 heterocycles. The van der Waals surface area contributed by atoms with Gasteiger partial charge >= 0.3 is 0 Å². The summed E-state index contributed by atoms with van der Waals surface area (Å²) in [5, 5.41) is 9.73. The predicted molar refractivity (Wildman–Crippen MR) is 63.6 cm³/mol. The minimum atomic E-state index is -0.179. The Morgan fingerprint density at radius 1 is 1.27 bits per heavy atom. The minimum absolute atomic E-state index is 0.179. The summed E-state index contributed by atoms with van der Waals surface area (Å²) in [6.07, 6.45) is 1.99. The molecule has 0 aromatic heterocycles. The number of hydrogen-bond donors (Lipinski definition) is 0. The van der Waals surface area contributed by atoms with Gasteiger partial charge in [0.15, 0.2) is 0 Å². The van der Waals surface area contributed by atoms with Crippen LogP contribution in [0.3, 0.4) is 0 Å². The molecular weight excluding hydrogens is 250 g/mol. The smallest absolute Gasteiger partial charge is 0.0823 e. The van der Waals surface area contributed by atoms with Gasteiger partial charge in [0.25, 0.3) is 0 Å². The molecule has 1 fully saturated rings. The molecular formula is C13H10BrN. The fraction of sp³-hybridized carbons (Fsp3) is 0.308. The maximum absolute atomic E-state index is 9.04. The molecule has 1 aliphatic carbocycles. The summed E-state index contributed by atoms with van der Waals surface area (Å²) in [7, 11) is 0. The van der Waals surface area contributed by atoms with E-state index in [1.165, 1.54) is 0 Å². The molecule has 1 aromatic rings. The van der Waals surface area contributed by atoms with Crippen LogP contribution in [0.2, 0.25) is 0 Å². The summed E-state index contributed by atoms with van der Waals surface area (Å²) >= 11 is 3.26. The van der Waals surface area contributed by atoms with Crippen molar-refractivity contribution >= 4 is 15.9 Å². The molecule has 0 radical (unpaired) electrons. The first-order valence-corrected chi connectivity index (χ1v) is 5.99. The largest absolute Gasteiger partial charge is 0.197 e. The Labute approximate surface area is 98.2 Å². The Bertz CT molecular complexity index is 452. The SMILES string of the molecule is N#CC1(c2ccc(C#CCBr)cc2)CC1. The van der Waals surface area contributed by atoms with Gasteiger partial charge in [-0.3, -0.25) is 0 Å². The van der Waals surface area contributed by atoms with Gasteiger partial charge in [-0.1, -0.05) is 39.9 Å². The van der Waals surface area contributed by atoms with Crippen LogP contribution >= 0.6 is 15.9 Å². The van der Waals surface area contributed by atoms with Crippen molar-refractivity contribution < 1.29 is 0 Å². The van der Waals surface area contributed by atoms with E-state index in [-0.39, 0.29) is 5.41 Å². The molecule has 0 saturated heterocycles. The summed E-state index contributed by atoms with van der Waals surface area (Å²) in [5.74, 6) is 5.99. The van der Waals surface area contributed by atoms with E-state index in [4.69, 9.17) is 5.26 Å². The van der Waals surface area contributed by atoms with Crippen molar-refractivity contribution in [2.45, 2.75) is 18.3 Å². The van der Waals surface area contributed by atoms with Crippen molar-refractivity contribution in [3.63, 3.8) is 0 Å². The highest BCUT2D eigenvalue weighted by Gasteiger charge is 2.44. The lowest BCUT2D eigenvalue weighted by Crippen LogP contribution is -2.01. The van der Waals surface area contributed by atoms with Gasteiger partial charge in [-0.2, -0.15) is 5.26 Å². The minimum Gasteiger partial charge on any atom is -0.197 e. The number of halogens is 1. The van der Waals surface area contributed by atoms with Crippen LogP contribution in [0.15, 0.2) is 24.3 Å². The van der Waals surface area contributed by atoms with Crippen LogP contribution in [0.5, 0.6) is 0 Å². The lowest BCUT2D eigenvalue weighted by atomic mass is 9.97. The summed E-state index contributed by atoms with van der Waals surface area (Å²) in [4.78, 5) is 0. The molecule has 0 amide bonds. The van der Waals surface area contributed by atoms with Gasteiger partial charge in [-0.25, -0.2) is 0 Å². The van der Waals surface area contributed by atoms with Gasteiger partial charge in [0.05, 0.1) is 16.8 Å². The summed E-state index contributed by atoms with van der Waals surface area (Å²) in [6, 6.07) is 10.4. The Hall–Kier alpha value is -1.25. The van der Waals surface area contributed by atoms with Gasteiger partial charge in [0.2, 0.25) is 0 Å². The van der Waals surface area contributed by atoms with Gasteiger partial charge in [-0.05, 0) is 30.5 Å². The molecule has 0 spiro atoms. The zero-order valence-electron chi connectivity index (χ0n) is 8.26. The Balaban J connectivity index is 2.22. The second-order valence-electron chi connectivity index (χ2n) is 3.71. The average Bonchev–Trinajstić information content (AvgIpc) is 3.08. The molecule has 15 heavy (non-hydrogen) atoms. The number of hydrogen-bond acceptors (Lipinski definition) is 1. The molecule has 0 unspecified atom stereocenters. The molecule has 1 aromatic carbocycles. The van der Waals surface area contributed by atoms with E-state index >= 15 is 0 Å². The highest BCUT2D eigenvalue weighted by molar-refractivity contribution is 9.09. The Morgan fingerprint density at radius 3 is 2.40 bits per heavy atom. The van der Waals surface area contributed by atoms with Gasteiger partial charge < -0.3 is 0 Å². The summed E-state index contributed by atoms with van der Waals surface area (Å²) in [6.45, 7) is 0. The highest BCUT2D eigenvalue weighted by atomic mass is 79.9. The van der Waals surface area contributed by atoms with Crippen molar-refractivity contribution in [2.24, 2.45) is 0 Å². The maximum Gasteiger partial charge on any atom is 0.0823 e. The highest BCUT2D eigenvalue weighted by Crippen LogP contribution is 2.47. The first-order valence-electron chi connectivity index (χ1n) is 4.87. The molecule has 0 bridgehead atoms. The fourth-order valence-electron chi connectivity index (χ4n) is 1.60. The first kappa shape index (κ1) is 10.3. The predicted octanol–water partition coefficient (Wildman–Crippen LogP) is 2.99. The van der Waals surface area contributed by atoms with E-state index in [0.717, 1.165) is 24.0 Å². The van der Waals surface area contributed by atoms with E-state index < -0.39 is 0 Å². The van der Waals surface area contributed by atoms with E-state index in [0.29, 0.717) is 5.33 Å². The van der Waals surface area contributed by atoms with E-state index in [1.54, 1.807) is 0 Å². The average molecular weight is 260 g/mol. The van der Waals surface area contributed by atoms with Crippen molar-refractivity contribution in [1.82, 2.24) is 0 Å². The number of nitriles is 1. The molecule has 1 saturated carbocycles. The second-order valence-corrected chi connectivity index (χ2v) is 4.27. The van der Waals surface area contributed by atoms with Crippen LogP contribution in [-0.2, 0) is 5.41 Å². The summed E-state index contributed by atoms with van der Waals surface area (Å²) in [5.41, 5.74) is 1.96. The molecule has 1 aliphatic rings. The van der Waals surface area contributed by atoms with Crippen LogP contribution in [0.1, 0.15) is 24.0 Å². The van der Waals surface area contributed by atoms with Crippen LogP contribution in [-0.4, -0.2) is 5.33 Å². The summed E-state index contributed by atoms with van der Waals surface area (Å²) < 4.78 is 0. The van der Waals surface area contributed by atoms with E-state index in [2.05, 4.69) is 33.8 Å². The lowest BCUT2D eigenvalue weighted by Gasteiger charge is -2.04. The van der Waals surface area contributed by atoms with Crippen molar-refractivity contribution in [1.29, 1.82) is 5.26 Å². The van der Waals surface area contributed by atoms with Gasteiger partial charge in [0.1, 0.15) is 0 Å². The standard InChI is InChI=1S/C13H10BrN/c14-9-1-2-11-3-5-12(6-4-11)13(10-15)7-8-13/h3-6H,7-9H2. The number of alkyl halides is 1. The van der Waals surface area contributed by atoms with Crippen molar-refractivity contribution in [3.8, 4) is 17.9 Å². The van der Waals surface area contributed by atoms with Crippen LogP contribution in [0, 0.1) is 23.2 Å². The Kier molecular flexibility index (Phi) is 2.80. The van der Waals surface area contributed by atoms with Crippen molar-refractivity contribution in [3.05, 3.63) is 35.4 Å². The molecule has 74 valence electrons. The first-order chi connectivity index (χ1) is 7.30. The number of rotatable bonds is 1. The molecule has 2 heteroatoms. The molecule has 0 aliphatic heterocycles. The second kappa shape index (κ2) is 4.09. The maximum atomic E-state index is 9.04. The van der Waals surface area contributed by atoms with Gasteiger partial charge in [0, 0.05) is 5.56 Å². The molecule has 2 rings (SSSR count). The lowest BCUT2D eigenvalue weighted by molar-refractivity contribution is 0.908. The van der Waals surface area contributed by atoms with Gasteiger partial charge in [-0.15, -0.1) is 0 Å². The van der Waals surface area contributed by atoms with Crippen LogP contribution in [0.25, 0.3) is 0 Å². The normalized spacial score (nSPS) is 16.0. The number of nitrogens with zero attached hydrogens (tertiary/aromatic N) is 1. The molecule has 0 N–H and O–H groups in total. The van der Waals surface area contributed by atoms with Crippen molar-refractivity contribution in [2.75, 3.05) is 5.33 Å². The molecule has 0 atom stereocenters. The third-order valence-electron chi connectivity index (χ3n) is 2.70.